The van der Waals surface area contributed by atoms with Crippen molar-refractivity contribution in [3.05, 3.63) is 48.0 Å². The topological polar surface area (TPSA) is 95.4 Å². The minimum Gasteiger partial charge on any atom is -0.456 e. The molecule has 0 aromatic heterocycles. The number of hydrogen-bond acceptors (Lipinski definition) is 4. The number of hydrogen-bond donors (Lipinski definition) is 2. The van der Waals surface area contributed by atoms with Crippen LogP contribution in [0.1, 0.15) is 25.3 Å². The number of sulfonamides is 1. The van der Waals surface area contributed by atoms with Crippen molar-refractivity contribution >= 4 is 15.7 Å². The van der Waals surface area contributed by atoms with E-state index >= 15 is 0 Å². The molecule has 0 unspecified atom stereocenters. The van der Waals surface area contributed by atoms with E-state index in [2.05, 4.69) is 13.8 Å². The van der Waals surface area contributed by atoms with Crippen LogP contribution >= 0.6 is 0 Å². The van der Waals surface area contributed by atoms with Gasteiger partial charge in [0.05, 0.1) is 0 Å². The van der Waals surface area contributed by atoms with Crippen LogP contribution in [0.2, 0.25) is 0 Å². The molecule has 2 aromatic rings. The summed E-state index contributed by atoms with van der Waals surface area (Å²) in [4.78, 5) is -0.127. The van der Waals surface area contributed by atoms with Crippen LogP contribution < -0.4 is 15.6 Å². The number of nitrogens with two attached hydrogens (primary N) is 2. The van der Waals surface area contributed by atoms with Gasteiger partial charge in [0.2, 0.25) is 10.0 Å². The first-order chi connectivity index (χ1) is 9.77. The van der Waals surface area contributed by atoms with Crippen LogP contribution in [0, 0.1) is 0 Å². The van der Waals surface area contributed by atoms with E-state index in [0.717, 1.165) is 5.56 Å². The van der Waals surface area contributed by atoms with Gasteiger partial charge < -0.3 is 10.5 Å². The Morgan fingerprint density at radius 1 is 1.10 bits per heavy atom. The molecular weight excluding hydrogens is 288 g/mol. The zero-order valence-electron chi connectivity index (χ0n) is 11.9. The molecule has 0 heterocycles. The lowest BCUT2D eigenvalue weighted by atomic mass is 10.0. The van der Waals surface area contributed by atoms with Crippen LogP contribution in [0.15, 0.2) is 47.4 Å². The Hall–Kier alpha value is -2.05. The average molecular weight is 306 g/mol. The highest BCUT2D eigenvalue weighted by atomic mass is 32.2. The molecule has 0 radical (unpaired) electrons. The molecule has 0 atom stereocenters. The quantitative estimate of drug-likeness (QED) is 0.849. The Morgan fingerprint density at radius 2 is 1.81 bits per heavy atom. The first-order valence-corrected chi connectivity index (χ1v) is 8.02. The molecule has 0 spiro atoms. The smallest absolute Gasteiger partial charge is 0.241 e. The number of benzene rings is 2. The summed E-state index contributed by atoms with van der Waals surface area (Å²) in [6.45, 7) is 4.14. The fourth-order valence-electron chi connectivity index (χ4n) is 1.90. The molecule has 0 aliphatic rings. The molecule has 0 aliphatic heterocycles. The lowest BCUT2D eigenvalue weighted by Crippen LogP contribution is -2.13. The van der Waals surface area contributed by atoms with E-state index in [1.165, 1.54) is 12.1 Å². The highest BCUT2D eigenvalue weighted by molar-refractivity contribution is 7.89. The van der Waals surface area contributed by atoms with Crippen molar-refractivity contribution in [2.24, 2.45) is 5.14 Å². The molecular formula is C15H18N2O3S. The Labute approximate surface area is 124 Å². The highest BCUT2D eigenvalue weighted by Gasteiger charge is 2.16. The van der Waals surface area contributed by atoms with Crippen molar-refractivity contribution in [3.8, 4) is 11.5 Å². The summed E-state index contributed by atoms with van der Waals surface area (Å²) in [6.07, 6.45) is 0. The molecule has 2 aromatic carbocycles. The van der Waals surface area contributed by atoms with Crippen molar-refractivity contribution in [2.45, 2.75) is 24.7 Å². The second-order valence-corrected chi connectivity index (χ2v) is 6.61. The molecule has 112 valence electrons. The molecule has 0 bridgehead atoms. The molecule has 4 N–H and O–H groups in total. The number of primary sulfonamides is 1. The van der Waals surface area contributed by atoms with Gasteiger partial charge in [0.25, 0.3) is 0 Å². The van der Waals surface area contributed by atoms with E-state index in [4.69, 9.17) is 15.6 Å². The molecule has 21 heavy (non-hydrogen) atoms. The van der Waals surface area contributed by atoms with E-state index in [1.807, 2.05) is 18.2 Å². The van der Waals surface area contributed by atoms with Crippen molar-refractivity contribution in [1.82, 2.24) is 0 Å². The van der Waals surface area contributed by atoms with Gasteiger partial charge in [-0.2, -0.15) is 0 Å². The molecule has 0 fully saturated rings. The molecule has 6 heteroatoms. The van der Waals surface area contributed by atoms with Crippen LogP contribution in [0.4, 0.5) is 5.69 Å². The molecule has 0 aliphatic carbocycles. The van der Waals surface area contributed by atoms with E-state index < -0.39 is 10.0 Å². The van der Waals surface area contributed by atoms with Gasteiger partial charge >= 0.3 is 0 Å². The van der Waals surface area contributed by atoms with Gasteiger partial charge in [-0.15, -0.1) is 0 Å². The first kappa shape index (κ1) is 15.3. The third-order valence-corrected chi connectivity index (χ3v) is 3.96. The third-order valence-electron chi connectivity index (χ3n) is 3.03. The SMILES string of the molecule is CC(C)c1cccc(Oc2ccc(N)cc2S(N)(=O)=O)c1. The lowest BCUT2D eigenvalue weighted by Gasteiger charge is -2.12. The Morgan fingerprint density at radius 3 is 2.43 bits per heavy atom. The highest BCUT2D eigenvalue weighted by Crippen LogP contribution is 2.31. The van der Waals surface area contributed by atoms with Gasteiger partial charge in [0, 0.05) is 5.69 Å². The maximum atomic E-state index is 11.6. The maximum absolute atomic E-state index is 11.6. The number of rotatable bonds is 4. The normalized spacial score (nSPS) is 11.6. The largest absolute Gasteiger partial charge is 0.456 e. The summed E-state index contributed by atoms with van der Waals surface area (Å²) in [5.41, 5.74) is 7.01. The van der Waals surface area contributed by atoms with E-state index in [0.29, 0.717) is 17.4 Å². The molecule has 5 nitrogen and oxygen atoms in total. The monoisotopic (exact) mass is 306 g/mol. The lowest BCUT2D eigenvalue weighted by molar-refractivity contribution is 0.466. The summed E-state index contributed by atoms with van der Waals surface area (Å²) in [6, 6.07) is 11.8. The molecule has 2 rings (SSSR count). The second-order valence-electron chi connectivity index (χ2n) is 5.08. The molecule has 0 saturated heterocycles. The second kappa shape index (κ2) is 5.75. The summed E-state index contributed by atoms with van der Waals surface area (Å²) >= 11 is 0. The van der Waals surface area contributed by atoms with Gasteiger partial charge in [0.15, 0.2) is 0 Å². The predicted molar refractivity (Wildman–Crippen MR) is 82.8 cm³/mol. The van der Waals surface area contributed by atoms with Crippen LogP contribution in [-0.2, 0) is 10.0 Å². The van der Waals surface area contributed by atoms with Crippen molar-refractivity contribution in [2.75, 3.05) is 5.73 Å². The minimum absolute atomic E-state index is 0.127. The van der Waals surface area contributed by atoms with Crippen molar-refractivity contribution < 1.29 is 13.2 Å². The van der Waals surface area contributed by atoms with Gasteiger partial charge in [-0.25, -0.2) is 13.6 Å². The standard InChI is InChI=1S/C15H18N2O3S/c1-10(2)11-4-3-5-13(8-11)20-14-7-6-12(16)9-15(14)21(17,18)19/h3-10H,16H2,1-2H3,(H2,17,18,19). The Balaban J connectivity index is 2.43. The zero-order valence-corrected chi connectivity index (χ0v) is 12.7. The van der Waals surface area contributed by atoms with E-state index in [-0.39, 0.29) is 10.6 Å². The number of anilines is 1. The Kier molecular flexibility index (Phi) is 4.20. The summed E-state index contributed by atoms with van der Waals surface area (Å²) in [5, 5.41) is 5.19. The van der Waals surface area contributed by atoms with Crippen molar-refractivity contribution in [3.63, 3.8) is 0 Å². The number of nitrogen functional groups attached to an aromatic ring is 1. The molecule has 0 amide bonds. The van der Waals surface area contributed by atoms with Crippen LogP contribution in [0.3, 0.4) is 0 Å². The van der Waals surface area contributed by atoms with Crippen molar-refractivity contribution in [1.29, 1.82) is 0 Å². The fourth-order valence-corrected chi connectivity index (χ4v) is 2.59. The maximum Gasteiger partial charge on any atom is 0.241 e. The summed E-state index contributed by atoms with van der Waals surface area (Å²) in [5.74, 6) is 1.06. The minimum atomic E-state index is -3.91. The van der Waals surface area contributed by atoms with E-state index in [9.17, 15) is 8.42 Å². The number of ether oxygens (including phenoxy) is 1. The van der Waals surface area contributed by atoms with Gasteiger partial charge in [-0.05, 0) is 41.8 Å². The fraction of sp³-hybridized carbons (Fsp3) is 0.200. The van der Waals surface area contributed by atoms with Crippen LogP contribution in [0.5, 0.6) is 11.5 Å². The molecule has 0 saturated carbocycles. The predicted octanol–water partition coefficient (Wildman–Crippen LogP) is 2.83. The summed E-state index contributed by atoms with van der Waals surface area (Å²) in [7, 11) is -3.91. The Bertz CT molecular complexity index is 755. The first-order valence-electron chi connectivity index (χ1n) is 6.47. The third kappa shape index (κ3) is 3.74. The van der Waals surface area contributed by atoms with E-state index in [1.54, 1.807) is 12.1 Å². The zero-order chi connectivity index (χ0) is 15.6. The van der Waals surface area contributed by atoms with Crippen LogP contribution in [-0.4, -0.2) is 8.42 Å². The van der Waals surface area contributed by atoms with Gasteiger partial charge in [-0.1, -0.05) is 26.0 Å². The van der Waals surface area contributed by atoms with Gasteiger partial charge in [-0.3, -0.25) is 0 Å². The summed E-state index contributed by atoms with van der Waals surface area (Å²) < 4.78 is 28.9. The van der Waals surface area contributed by atoms with Crippen LogP contribution in [0.25, 0.3) is 0 Å². The average Bonchev–Trinajstić information content (AvgIpc) is 2.40. The van der Waals surface area contributed by atoms with Gasteiger partial charge in [0.1, 0.15) is 16.4 Å².